The van der Waals surface area contributed by atoms with Crippen LogP contribution in [0.15, 0.2) is 0 Å². The zero-order valence-corrected chi connectivity index (χ0v) is 3.90. The molecule has 0 aromatic heterocycles. The fourth-order valence-electron chi connectivity index (χ4n) is 0.461. The van der Waals surface area contributed by atoms with Crippen LogP contribution in [0.2, 0.25) is 0 Å². The fraction of sp³-hybridized carbons (Fsp3) is 1.00. The summed E-state index contributed by atoms with van der Waals surface area (Å²) in [6, 6.07) is 0. The third kappa shape index (κ3) is 0.698. The van der Waals surface area contributed by atoms with Gasteiger partial charge in [0.2, 0.25) is 0 Å². The molecule has 1 rings (SSSR count). The van der Waals surface area contributed by atoms with E-state index in [9.17, 15) is 0 Å². The summed E-state index contributed by atoms with van der Waals surface area (Å²) in [5.74, 6) is 0.713. The van der Waals surface area contributed by atoms with Gasteiger partial charge >= 0.3 is 0 Å². The summed E-state index contributed by atoms with van der Waals surface area (Å²) in [7, 11) is 0. The van der Waals surface area contributed by atoms with Gasteiger partial charge in [-0.3, -0.25) is 0 Å². The normalized spacial score (nSPS) is 34.5. The fourth-order valence-corrected chi connectivity index (χ4v) is 0.461. The van der Waals surface area contributed by atoms with E-state index in [1.807, 2.05) is 0 Å². The van der Waals surface area contributed by atoms with E-state index in [2.05, 4.69) is 12.4 Å². The molecule has 1 atom stereocenters. The minimum absolute atomic E-state index is 0.713. The van der Waals surface area contributed by atoms with Crippen molar-refractivity contribution in [3.63, 3.8) is 0 Å². The first-order valence-corrected chi connectivity index (χ1v) is 2.24. The Balaban J connectivity index is 2.18. The summed E-state index contributed by atoms with van der Waals surface area (Å²) in [5.41, 5.74) is 2.77. The molecule has 1 saturated heterocycles. The molecule has 2 nitrogen and oxygen atoms in total. The Morgan fingerprint density at radius 2 is 2.67 bits per heavy atom. The topological polar surface area (TPSA) is 21.3 Å². The van der Waals surface area contributed by atoms with Gasteiger partial charge in [-0.2, -0.15) is 0 Å². The Bertz CT molecular complexity index is 40.8. The molecule has 1 aliphatic rings. The molecule has 1 fully saturated rings. The van der Waals surface area contributed by atoms with Crippen LogP contribution in [-0.2, 0) is 4.84 Å². The van der Waals surface area contributed by atoms with Gasteiger partial charge in [0.15, 0.2) is 0 Å². The summed E-state index contributed by atoms with van der Waals surface area (Å²) >= 11 is 0. The molecular weight excluding hydrogens is 78.0 g/mol. The van der Waals surface area contributed by atoms with Crippen molar-refractivity contribution in [2.24, 2.45) is 5.92 Å². The highest BCUT2D eigenvalue weighted by molar-refractivity contribution is 4.54. The largest absolute Gasteiger partial charge is 0.301 e. The number of hydroxylamine groups is 1. The maximum atomic E-state index is 4.81. The molecule has 0 amide bonds. The van der Waals surface area contributed by atoms with E-state index in [1.54, 1.807) is 0 Å². The molecule has 0 aromatic carbocycles. The molecule has 36 valence electrons. The standard InChI is InChI=1S/C4H9NO/c1-4-2-5-6-3-4/h4-5H,2-3H2,1H3/t4-/m0/s1. The van der Waals surface area contributed by atoms with Crippen LogP contribution in [-0.4, -0.2) is 13.2 Å². The Morgan fingerprint density at radius 1 is 1.83 bits per heavy atom. The van der Waals surface area contributed by atoms with E-state index in [4.69, 9.17) is 4.84 Å². The van der Waals surface area contributed by atoms with E-state index >= 15 is 0 Å². The third-order valence-corrected chi connectivity index (χ3v) is 0.902. The van der Waals surface area contributed by atoms with Crippen LogP contribution >= 0.6 is 0 Å². The van der Waals surface area contributed by atoms with Gasteiger partial charge in [0.1, 0.15) is 0 Å². The number of hydrogen-bond donors (Lipinski definition) is 1. The summed E-state index contributed by atoms with van der Waals surface area (Å²) in [4.78, 5) is 4.81. The molecule has 0 unspecified atom stereocenters. The van der Waals surface area contributed by atoms with E-state index in [0.29, 0.717) is 5.92 Å². The minimum atomic E-state index is 0.713. The van der Waals surface area contributed by atoms with Crippen LogP contribution in [0.4, 0.5) is 0 Å². The zero-order valence-electron chi connectivity index (χ0n) is 3.90. The summed E-state index contributed by atoms with van der Waals surface area (Å²) < 4.78 is 0. The van der Waals surface area contributed by atoms with Crippen LogP contribution in [0.5, 0.6) is 0 Å². The van der Waals surface area contributed by atoms with Crippen molar-refractivity contribution in [2.45, 2.75) is 6.92 Å². The Hall–Kier alpha value is -0.0800. The Kier molecular flexibility index (Phi) is 1.08. The van der Waals surface area contributed by atoms with Crippen molar-refractivity contribution in [3.8, 4) is 0 Å². The molecule has 1 heterocycles. The molecule has 1 N–H and O–H groups in total. The van der Waals surface area contributed by atoms with Gasteiger partial charge in [-0.25, -0.2) is 5.48 Å². The maximum absolute atomic E-state index is 4.81. The quantitative estimate of drug-likeness (QED) is 0.454. The van der Waals surface area contributed by atoms with Crippen LogP contribution in [0.25, 0.3) is 0 Å². The van der Waals surface area contributed by atoms with Gasteiger partial charge in [-0.15, -0.1) is 0 Å². The lowest BCUT2D eigenvalue weighted by molar-refractivity contribution is 0.0981. The highest BCUT2D eigenvalue weighted by Gasteiger charge is 2.07. The van der Waals surface area contributed by atoms with Gasteiger partial charge < -0.3 is 4.84 Å². The van der Waals surface area contributed by atoms with Crippen molar-refractivity contribution in [1.29, 1.82) is 0 Å². The van der Waals surface area contributed by atoms with E-state index < -0.39 is 0 Å². The van der Waals surface area contributed by atoms with Crippen LogP contribution in [0.1, 0.15) is 6.92 Å². The first-order valence-electron chi connectivity index (χ1n) is 2.24. The molecule has 0 aliphatic carbocycles. The molecule has 1 aliphatic heterocycles. The van der Waals surface area contributed by atoms with Gasteiger partial charge in [0, 0.05) is 6.54 Å². The predicted molar refractivity (Wildman–Crippen MR) is 23.1 cm³/mol. The van der Waals surface area contributed by atoms with Crippen molar-refractivity contribution in [1.82, 2.24) is 5.48 Å². The van der Waals surface area contributed by atoms with Crippen molar-refractivity contribution < 1.29 is 4.84 Å². The van der Waals surface area contributed by atoms with Gasteiger partial charge in [-0.05, 0) is 5.92 Å². The minimum Gasteiger partial charge on any atom is -0.301 e. The van der Waals surface area contributed by atoms with Gasteiger partial charge in [-0.1, -0.05) is 6.92 Å². The SMILES string of the molecule is C[C@H]1CNOC1. The van der Waals surface area contributed by atoms with Crippen molar-refractivity contribution in [3.05, 3.63) is 0 Å². The van der Waals surface area contributed by atoms with Gasteiger partial charge in [0.25, 0.3) is 0 Å². The summed E-state index contributed by atoms with van der Waals surface area (Å²) in [6.07, 6.45) is 0. The lowest BCUT2D eigenvalue weighted by Gasteiger charge is -1.86. The second kappa shape index (κ2) is 1.58. The summed E-state index contributed by atoms with van der Waals surface area (Å²) in [6.45, 7) is 4.04. The lowest BCUT2D eigenvalue weighted by Crippen LogP contribution is -2.04. The first kappa shape index (κ1) is 4.09. The van der Waals surface area contributed by atoms with Crippen LogP contribution in [0, 0.1) is 5.92 Å². The molecular formula is C4H9NO. The number of hydrogen-bond acceptors (Lipinski definition) is 2. The Labute approximate surface area is 37.4 Å². The van der Waals surface area contributed by atoms with E-state index in [0.717, 1.165) is 13.2 Å². The zero-order chi connectivity index (χ0) is 4.41. The molecule has 0 saturated carbocycles. The average molecular weight is 87.1 g/mol. The number of nitrogens with one attached hydrogen (secondary N) is 1. The third-order valence-electron chi connectivity index (χ3n) is 0.902. The van der Waals surface area contributed by atoms with E-state index in [-0.39, 0.29) is 0 Å². The maximum Gasteiger partial charge on any atom is 0.0720 e. The smallest absolute Gasteiger partial charge is 0.0720 e. The van der Waals surface area contributed by atoms with Gasteiger partial charge in [0.05, 0.1) is 6.61 Å². The summed E-state index contributed by atoms with van der Waals surface area (Å²) in [5, 5.41) is 0. The lowest BCUT2D eigenvalue weighted by atomic mass is 10.2. The van der Waals surface area contributed by atoms with Crippen molar-refractivity contribution >= 4 is 0 Å². The van der Waals surface area contributed by atoms with Crippen LogP contribution in [0.3, 0.4) is 0 Å². The molecule has 6 heavy (non-hydrogen) atoms. The number of rotatable bonds is 0. The second-order valence-electron chi connectivity index (χ2n) is 1.76. The average Bonchev–Trinajstić information content (AvgIpc) is 1.86. The van der Waals surface area contributed by atoms with Crippen LogP contribution < -0.4 is 5.48 Å². The molecule has 2 heteroatoms. The molecule has 0 bridgehead atoms. The first-order chi connectivity index (χ1) is 2.89. The van der Waals surface area contributed by atoms with Crippen molar-refractivity contribution in [2.75, 3.05) is 13.2 Å². The second-order valence-corrected chi connectivity index (χ2v) is 1.76. The highest BCUT2D eigenvalue weighted by atomic mass is 16.7. The molecule has 0 radical (unpaired) electrons. The Morgan fingerprint density at radius 3 is 2.83 bits per heavy atom. The highest BCUT2D eigenvalue weighted by Crippen LogP contribution is 1.97. The van der Waals surface area contributed by atoms with E-state index in [1.165, 1.54) is 0 Å². The monoisotopic (exact) mass is 87.1 g/mol. The predicted octanol–water partition coefficient (Wildman–Crippen LogP) is 0.157. The molecule has 0 aromatic rings. The molecule has 0 spiro atoms.